The molecule has 41 heavy (non-hydrogen) atoms. The zero-order chi connectivity index (χ0) is 30.4. The van der Waals surface area contributed by atoms with Gasteiger partial charge in [0.15, 0.2) is 0 Å². The van der Waals surface area contributed by atoms with Gasteiger partial charge in [-0.15, -0.1) is 11.8 Å². The van der Waals surface area contributed by atoms with Crippen LogP contribution in [-0.2, 0) is 22.1 Å². The van der Waals surface area contributed by atoms with Crippen molar-refractivity contribution >= 4 is 28.7 Å². The molecule has 3 aromatic rings. The van der Waals surface area contributed by atoms with Crippen LogP contribution >= 0.6 is 11.8 Å². The van der Waals surface area contributed by atoms with Crippen molar-refractivity contribution in [2.24, 2.45) is 5.92 Å². The summed E-state index contributed by atoms with van der Waals surface area (Å²) in [5.41, 5.74) is -1.74. The van der Waals surface area contributed by atoms with Gasteiger partial charge in [-0.2, -0.15) is 26.3 Å². The summed E-state index contributed by atoms with van der Waals surface area (Å²) in [5, 5.41) is 0.353. The number of rotatable bonds is 12. The number of ether oxygens (including phenoxy) is 1. The molecule has 4 nitrogen and oxygen atoms in total. The van der Waals surface area contributed by atoms with Gasteiger partial charge in [0.1, 0.15) is 5.58 Å². The first-order valence-electron chi connectivity index (χ1n) is 13.0. The van der Waals surface area contributed by atoms with E-state index in [1.807, 2.05) is 6.92 Å². The molecule has 0 radical (unpaired) electrons. The third-order valence-corrected chi connectivity index (χ3v) is 7.49. The SMILES string of the molecule is C=C(C)C(=O)OCC(CSc1ccc2cc(-c3ccc(CCCCC)cc3C(F)(F)F)c(=O)oc2c1)CC(F)(F)F. The lowest BCUT2D eigenvalue weighted by molar-refractivity contribution is -0.154. The molecule has 3 rings (SSSR count). The second kappa shape index (κ2) is 13.6. The minimum atomic E-state index is -4.69. The Morgan fingerprint density at radius 1 is 1.02 bits per heavy atom. The monoisotopic (exact) mass is 600 g/mol. The molecule has 0 saturated heterocycles. The molecule has 0 fully saturated rings. The number of unbranched alkanes of at least 4 members (excludes halogenated alkanes) is 2. The fourth-order valence-electron chi connectivity index (χ4n) is 4.19. The molecule has 0 aliphatic rings. The minimum absolute atomic E-state index is 0.0592. The van der Waals surface area contributed by atoms with Gasteiger partial charge < -0.3 is 9.15 Å². The van der Waals surface area contributed by atoms with Crippen LogP contribution in [0.4, 0.5) is 26.3 Å². The van der Waals surface area contributed by atoms with Crippen LogP contribution in [0.1, 0.15) is 50.7 Å². The van der Waals surface area contributed by atoms with E-state index >= 15 is 0 Å². The first-order chi connectivity index (χ1) is 19.2. The number of benzene rings is 2. The molecule has 0 aliphatic carbocycles. The second-order valence-electron chi connectivity index (χ2n) is 9.86. The number of thioether (sulfide) groups is 1. The van der Waals surface area contributed by atoms with Crippen molar-refractivity contribution in [3.05, 3.63) is 76.2 Å². The molecule has 0 spiro atoms. The van der Waals surface area contributed by atoms with Crippen molar-refractivity contribution in [1.29, 1.82) is 0 Å². The fraction of sp³-hybridized carbons (Fsp3) is 0.400. The van der Waals surface area contributed by atoms with Gasteiger partial charge in [0.05, 0.1) is 24.2 Å². The van der Waals surface area contributed by atoms with Crippen LogP contribution < -0.4 is 5.63 Å². The third-order valence-electron chi connectivity index (χ3n) is 6.26. The molecular formula is C30H30F6O4S. The maximum Gasteiger partial charge on any atom is 0.417 e. The van der Waals surface area contributed by atoms with Crippen LogP contribution in [0.15, 0.2) is 68.7 Å². The molecule has 222 valence electrons. The minimum Gasteiger partial charge on any atom is -0.462 e. The second-order valence-corrected chi connectivity index (χ2v) is 11.0. The molecule has 2 aromatic carbocycles. The highest BCUT2D eigenvalue weighted by Crippen LogP contribution is 2.38. The Kier molecular flexibility index (Phi) is 10.7. The molecule has 11 heteroatoms. The topological polar surface area (TPSA) is 56.5 Å². The Bertz CT molecular complexity index is 1440. The third kappa shape index (κ3) is 9.41. The van der Waals surface area contributed by atoms with Crippen molar-refractivity contribution in [2.45, 2.75) is 63.2 Å². The average molecular weight is 601 g/mol. The number of alkyl halides is 6. The lowest BCUT2D eigenvalue weighted by atomic mass is 9.95. The predicted octanol–water partition coefficient (Wildman–Crippen LogP) is 8.99. The van der Waals surface area contributed by atoms with Gasteiger partial charge >= 0.3 is 23.9 Å². The summed E-state index contributed by atoms with van der Waals surface area (Å²) in [5.74, 6) is -1.89. The highest BCUT2D eigenvalue weighted by atomic mass is 32.2. The largest absolute Gasteiger partial charge is 0.462 e. The van der Waals surface area contributed by atoms with Crippen molar-refractivity contribution in [2.75, 3.05) is 12.4 Å². The average Bonchev–Trinajstić information content (AvgIpc) is 2.88. The highest BCUT2D eigenvalue weighted by Gasteiger charge is 2.35. The summed E-state index contributed by atoms with van der Waals surface area (Å²) in [4.78, 5) is 24.9. The Hall–Kier alpha value is -3.21. The molecule has 1 atom stereocenters. The van der Waals surface area contributed by atoms with Gasteiger partial charge in [-0.05, 0) is 49.6 Å². The smallest absolute Gasteiger partial charge is 0.417 e. The molecule has 0 aliphatic heterocycles. The number of hydrogen-bond acceptors (Lipinski definition) is 5. The van der Waals surface area contributed by atoms with E-state index in [9.17, 15) is 35.9 Å². The maximum atomic E-state index is 14.0. The number of esters is 1. The summed E-state index contributed by atoms with van der Waals surface area (Å²) in [7, 11) is 0. The number of carbonyl (C=O) groups is 1. The zero-order valence-electron chi connectivity index (χ0n) is 22.6. The van der Waals surface area contributed by atoms with Gasteiger partial charge in [-0.3, -0.25) is 0 Å². The summed E-state index contributed by atoms with van der Waals surface area (Å²) in [6.07, 6.45) is -7.27. The first-order valence-corrected chi connectivity index (χ1v) is 14.0. The van der Waals surface area contributed by atoms with Crippen molar-refractivity contribution < 1.29 is 40.3 Å². The van der Waals surface area contributed by atoms with Crippen LogP contribution in [-0.4, -0.2) is 24.5 Å². The lowest BCUT2D eigenvalue weighted by Crippen LogP contribution is -2.23. The Morgan fingerprint density at radius 3 is 2.39 bits per heavy atom. The molecule has 1 aromatic heterocycles. The Labute approximate surface area is 237 Å². The summed E-state index contributed by atoms with van der Waals surface area (Å²) in [6, 6.07) is 9.79. The molecule has 0 bridgehead atoms. The number of aryl methyl sites for hydroxylation is 1. The van der Waals surface area contributed by atoms with Crippen LogP contribution in [0.2, 0.25) is 0 Å². The molecule has 0 N–H and O–H groups in total. The number of hydrogen-bond donors (Lipinski definition) is 0. The molecular weight excluding hydrogens is 570 g/mol. The van der Waals surface area contributed by atoms with E-state index in [4.69, 9.17) is 9.15 Å². The van der Waals surface area contributed by atoms with Gasteiger partial charge in [-0.1, -0.05) is 44.5 Å². The van der Waals surface area contributed by atoms with E-state index in [0.717, 1.165) is 37.1 Å². The van der Waals surface area contributed by atoms with Gasteiger partial charge in [-0.25, -0.2) is 9.59 Å². The summed E-state index contributed by atoms with van der Waals surface area (Å²) < 4.78 is 91.3. The normalized spacial score (nSPS) is 12.9. The zero-order valence-corrected chi connectivity index (χ0v) is 23.4. The molecule has 0 amide bonds. The van der Waals surface area contributed by atoms with Gasteiger partial charge in [0.2, 0.25) is 0 Å². The number of halogens is 6. The van der Waals surface area contributed by atoms with E-state index in [1.165, 1.54) is 31.2 Å². The predicted molar refractivity (Wildman–Crippen MR) is 147 cm³/mol. The van der Waals surface area contributed by atoms with Crippen molar-refractivity contribution in [3.63, 3.8) is 0 Å². The van der Waals surface area contributed by atoms with Crippen LogP contribution in [0.5, 0.6) is 0 Å². The first kappa shape index (κ1) is 32.3. The number of carbonyl (C=O) groups excluding carboxylic acids is 1. The van der Waals surface area contributed by atoms with E-state index in [0.29, 0.717) is 22.3 Å². The van der Waals surface area contributed by atoms with Crippen molar-refractivity contribution in [3.8, 4) is 11.1 Å². The van der Waals surface area contributed by atoms with E-state index in [1.54, 1.807) is 12.1 Å². The summed E-state index contributed by atoms with van der Waals surface area (Å²) in [6.45, 7) is 6.33. The maximum absolute atomic E-state index is 14.0. The Balaban J connectivity index is 1.86. The lowest BCUT2D eigenvalue weighted by Gasteiger charge is -2.18. The Morgan fingerprint density at radius 2 is 1.76 bits per heavy atom. The fourth-order valence-corrected chi connectivity index (χ4v) is 5.19. The quantitative estimate of drug-likeness (QED) is 0.0519. The van der Waals surface area contributed by atoms with Crippen LogP contribution in [0, 0.1) is 5.92 Å². The van der Waals surface area contributed by atoms with Crippen LogP contribution in [0.25, 0.3) is 22.1 Å². The number of fused-ring (bicyclic) bond motifs is 1. The molecule has 0 saturated carbocycles. The highest BCUT2D eigenvalue weighted by molar-refractivity contribution is 7.99. The van der Waals surface area contributed by atoms with E-state index in [-0.39, 0.29) is 28.0 Å². The van der Waals surface area contributed by atoms with Gasteiger partial charge in [0, 0.05) is 33.1 Å². The van der Waals surface area contributed by atoms with E-state index in [2.05, 4.69) is 6.58 Å². The van der Waals surface area contributed by atoms with Gasteiger partial charge in [0.25, 0.3) is 0 Å². The summed E-state index contributed by atoms with van der Waals surface area (Å²) >= 11 is 1.04. The van der Waals surface area contributed by atoms with Crippen molar-refractivity contribution in [1.82, 2.24) is 0 Å². The standard InChI is InChI=1S/C30H30F6O4S/c1-4-5-6-7-19-8-11-23(25(12-19)30(34,35)36)24-13-21-9-10-22(14-26(21)40-28(24)38)41-17-20(15-29(31,32)33)16-39-27(37)18(2)3/h8-14,20H,2,4-7,15-17H2,1,3H3. The molecule has 1 heterocycles. The van der Waals surface area contributed by atoms with E-state index < -0.39 is 48.5 Å². The molecule has 1 unspecified atom stereocenters. The van der Waals surface area contributed by atoms with Crippen LogP contribution in [0.3, 0.4) is 0 Å².